The Bertz CT molecular complexity index is 453. The van der Waals surface area contributed by atoms with Gasteiger partial charge in [-0.2, -0.15) is 0 Å². The van der Waals surface area contributed by atoms with E-state index in [9.17, 15) is 0 Å². The summed E-state index contributed by atoms with van der Waals surface area (Å²) in [6.07, 6.45) is 9.52. The van der Waals surface area contributed by atoms with Gasteiger partial charge in [0.2, 0.25) is 0 Å². The maximum Gasteiger partial charge on any atom is 0.122 e. The third kappa shape index (κ3) is 3.60. The van der Waals surface area contributed by atoms with Gasteiger partial charge in [0, 0.05) is 12.1 Å². The highest BCUT2D eigenvalue weighted by Crippen LogP contribution is 2.41. The molecule has 21 heavy (non-hydrogen) atoms. The number of nitrogens with one attached hydrogen (secondary N) is 1. The summed E-state index contributed by atoms with van der Waals surface area (Å²) in [5.74, 6) is 2.67. The fourth-order valence-corrected chi connectivity index (χ4v) is 4.00. The molecule has 2 fully saturated rings. The van der Waals surface area contributed by atoms with E-state index in [1.807, 2.05) is 0 Å². The van der Waals surface area contributed by atoms with E-state index in [0.29, 0.717) is 5.92 Å². The first kappa shape index (κ1) is 14.9. The van der Waals surface area contributed by atoms with E-state index in [1.54, 1.807) is 7.11 Å². The lowest BCUT2D eigenvalue weighted by Crippen LogP contribution is -2.45. The van der Waals surface area contributed by atoms with Crippen LogP contribution in [-0.2, 0) is 0 Å². The van der Waals surface area contributed by atoms with Gasteiger partial charge in [-0.05, 0) is 55.6 Å². The zero-order valence-electron chi connectivity index (χ0n) is 13.5. The van der Waals surface area contributed by atoms with Gasteiger partial charge >= 0.3 is 0 Å². The first-order valence-electron chi connectivity index (χ1n) is 8.65. The van der Waals surface area contributed by atoms with Crippen molar-refractivity contribution in [1.82, 2.24) is 5.32 Å². The SMILES string of the molecule is COc1ccccc1C1CC(NC2CCCC(C)CC2)C1. The maximum absolute atomic E-state index is 5.50. The van der Waals surface area contributed by atoms with E-state index in [1.165, 1.54) is 50.5 Å². The van der Waals surface area contributed by atoms with Crippen molar-refractivity contribution in [2.45, 2.75) is 69.9 Å². The molecule has 0 aliphatic heterocycles. The van der Waals surface area contributed by atoms with Crippen molar-refractivity contribution in [3.05, 3.63) is 29.8 Å². The average Bonchev–Trinajstić information content (AvgIpc) is 2.67. The second kappa shape index (κ2) is 6.83. The molecule has 0 heterocycles. The van der Waals surface area contributed by atoms with Gasteiger partial charge in [0.25, 0.3) is 0 Å². The minimum absolute atomic E-state index is 0.684. The van der Waals surface area contributed by atoms with Crippen LogP contribution in [0.5, 0.6) is 5.75 Å². The molecule has 2 aliphatic rings. The van der Waals surface area contributed by atoms with Crippen molar-refractivity contribution in [3.63, 3.8) is 0 Å². The summed E-state index contributed by atoms with van der Waals surface area (Å²) in [4.78, 5) is 0. The first-order chi connectivity index (χ1) is 10.3. The lowest BCUT2D eigenvalue weighted by molar-refractivity contribution is 0.249. The summed E-state index contributed by atoms with van der Waals surface area (Å²) >= 11 is 0. The molecule has 2 unspecified atom stereocenters. The molecule has 2 saturated carbocycles. The predicted molar refractivity (Wildman–Crippen MR) is 87.9 cm³/mol. The van der Waals surface area contributed by atoms with Crippen LogP contribution in [0.3, 0.4) is 0 Å². The standard InChI is InChI=1S/C19H29NO/c1-14-6-5-7-16(11-10-14)20-17-12-15(13-17)18-8-3-4-9-19(18)21-2/h3-4,8-9,14-17,20H,5-7,10-13H2,1-2H3. The lowest BCUT2D eigenvalue weighted by Gasteiger charge is -2.39. The van der Waals surface area contributed by atoms with Crippen LogP contribution in [0.25, 0.3) is 0 Å². The first-order valence-corrected chi connectivity index (χ1v) is 8.65. The van der Waals surface area contributed by atoms with E-state index in [0.717, 1.165) is 23.8 Å². The zero-order valence-corrected chi connectivity index (χ0v) is 13.5. The number of para-hydroxylation sites is 1. The molecular formula is C19H29NO. The molecule has 0 aromatic heterocycles. The fraction of sp³-hybridized carbons (Fsp3) is 0.684. The molecular weight excluding hydrogens is 258 g/mol. The van der Waals surface area contributed by atoms with Crippen LogP contribution in [-0.4, -0.2) is 19.2 Å². The van der Waals surface area contributed by atoms with Crippen molar-refractivity contribution >= 4 is 0 Å². The molecule has 0 amide bonds. The Kier molecular flexibility index (Phi) is 4.84. The number of hydrogen-bond acceptors (Lipinski definition) is 2. The third-order valence-corrected chi connectivity index (χ3v) is 5.45. The van der Waals surface area contributed by atoms with Gasteiger partial charge in [0.15, 0.2) is 0 Å². The minimum Gasteiger partial charge on any atom is -0.496 e. The van der Waals surface area contributed by atoms with Gasteiger partial charge in [-0.25, -0.2) is 0 Å². The molecule has 3 rings (SSSR count). The van der Waals surface area contributed by atoms with Gasteiger partial charge in [-0.15, -0.1) is 0 Å². The van der Waals surface area contributed by atoms with Crippen LogP contribution in [0.2, 0.25) is 0 Å². The molecule has 0 spiro atoms. The van der Waals surface area contributed by atoms with Crippen molar-refractivity contribution in [2.75, 3.05) is 7.11 Å². The van der Waals surface area contributed by atoms with E-state index >= 15 is 0 Å². The summed E-state index contributed by atoms with van der Waals surface area (Å²) in [7, 11) is 1.78. The molecule has 2 heteroatoms. The molecule has 2 atom stereocenters. The highest BCUT2D eigenvalue weighted by Gasteiger charge is 2.33. The lowest BCUT2D eigenvalue weighted by atomic mass is 9.75. The third-order valence-electron chi connectivity index (χ3n) is 5.45. The highest BCUT2D eigenvalue weighted by molar-refractivity contribution is 5.37. The summed E-state index contributed by atoms with van der Waals surface area (Å²) in [5, 5.41) is 3.91. The van der Waals surface area contributed by atoms with Crippen molar-refractivity contribution in [3.8, 4) is 5.75 Å². The molecule has 0 radical (unpaired) electrons. The Balaban J connectivity index is 1.49. The van der Waals surface area contributed by atoms with Gasteiger partial charge < -0.3 is 10.1 Å². The van der Waals surface area contributed by atoms with Crippen molar-refractivity contribution in [1.29, 1.82) is 0 Å². The van der Waals surface area contributed by atoms with E-state index < -0.39 is 0 Å². The summed E-state index contributed by atoms with van der Waals surface area (Å²) in [6.45, 7) is 2.41. The molecule has 2 nitrogen and oxygen atoms in total. The quantitative estimate of drug-likeness (QED) is 0.823. The molecule has 116 valence electrons. The Morgan fingerprint density at radius 1 is 1.00 bits per heavy atom. The zero-order chi connectivity index (χ0) is 14.7. The Labute approximate surface area is 129 Å². The van der Waals surface area contributed by atoms with Crippen LogP contribution in [0.4, 0.5) is 0 Å². The highest BCUT2D eigenvalue weighted by atomic mass is 16.5. The van der Waals surface area contributed by atoms with E-state index in [4.69, 9.17) is 4.74 Å². The fourth-order valence-electron chi connectivity index (χ4n) is 4.00. The topological polar surface area (TPSA) is 21.3 Å². The normalized spacial score (nSPS) is 33.0. The molecule has 0 saturated heterocycles. The summed E-state index contributed by atoms with van der Waals surface area (Å²) in [6, 6.07) is 9.99. The van der Waals surface area contributed by atoms with Gasteiger partial charge in [0.05, 0.1) is 7.11 Å². The molecule has 1 aromatic carbocycles. The second-order valence-electron chi connectivity index (χ2n) is 7.08. The number of ether oxygens (including phenoxy) is 1. The van der Waals surface area contributed by atoms with Crippen molar-refractivity contribution in [2.24, 2.45) is 5.92 Å². The Hall–Kier alpha value is -1.02. The molecule has 1 aromatic rings. The van der Waals surface area contributed by atoms with Crippen LogP contribution in [0.1, 0.15) is 63.4 Å². The van der Waals surface area contributed by atoms with Crippen molar-refractivity contribution < 1.29 is 4.74 Å². The number of benzene rings is 1. The number of rotatable bonds is 4. The minimum atomic E-state index is 0.684. The van der Waals surface area contributed by atoms with Crippen LogP contribution in [0.15, 0.2) is 24.3 Å². The molecule has 0 bridgehead atoms. The summed E-state index contributed by atoms with van der Waals surface area (Å²) < 4.78 is 5.50. The van der Waals surface area contributed by atoms with Gasteiger partial charge in [-0.3, -0.25) is 0 Å². The Morgan fingerprint density at radius 3 is 2.62 bits per heavy atom. The Morgan fingerprint density at radius 2 is 1.81 bits per heavy atom. The molecule has 2 aliphatic carbocycles. The van der Waals surface area contributed by atoms with Crippen LogP contribution >= 0.6 is 0 Å². The number of hydrogen-bond donors (Lipinski definition) is 1. The smallest absolute Gasteiger partial charge is 0.122 e. The molecule has 1 N–H and O–H groups in total. The maximum atomic E-state index is 5.50. The summed E-state index contributed by atoms with van der Waals surface area (Å²) in [5.41, 5.74) is 1.40. The average molecular weight is 287 g/mol. The second-order valence-corrected chi connectivity index (χ2v) is 7.08. The largest absolute Gasteiger partial charge is 0.496 e. The van der Waals surface area contributed by atoms with Crippen LogP contribution < -0.4 is 10.1 Å². The van der Waals surface area contributed by atoms with Gasteiger partial charge in [-0.1, -0.05) is 38.0 Å². The predicted octanol–water partition coefficient (Wildman–Crippen LogP) is 4.50. The number of methoxy groups -OCH3 is 1. The van der Waals surface area contributed by atoms with Crippen LogP contribution in [0, 0.1) is 5.92 Å². The van der Waals surface area contributed by atoms with Gasteiger partial charge in [0.1, 0.15) is 5.75 Å². The van der Waals surface area contributed by atoms with E-state index in [-0.39, 0.29) is 0 Å². The monoisotopic (exact) mass is 287 g/mol. The van der Waals surface area contributed by atoms with E-state index in [2.05, 4.69) is 36.5 Å².